The second-order valence-electron chi connectivity index (χ2n) is 4.62. The number of aryl methyl sites for hydroxylation is 1. The highest BCUT2D eigenvalue weighted by Gasteiger charge is 2.13. The lowest BCUT2D eigenvalue weighted by molar-refractivity contribution is 0.411. The quantitative estimate of drug-likeness (QED) is 0.918. The lowest BCUT2D eigenvalue weighted by atomic mass is 9.94. The first kappa shape index (κ1) is 13.5. The molecule has 2 rings (SSSR count). The number of rotatable bonds is 3. The van der Waals surface area contributed by atoms with Crippen molar-refractivity contribution in [1.82, 2.24) is 9.97 Å². The summed E-state index contributed by atoms with van der Waals surface area (Å²) in [5, 5.41) is 0. The van der Waals surface area contributed by atoms with E-state index in [9.17, 15) is 0 Å². The van der Waals surface area contributed by atoms with Crippen LogP contribution in [0.3, 0.4) is 0 Å². The van der Waals surface area contributed by atoms with Crippen molar-refractivity contribution in [3.63, 3.8) is 0 Å². The van der Waals surface area contributed by atoms with Gasteiger partial charge in [-0.15, -0.1) is 0 Å². The van der Waals surface area contributed by atoms with Crippen molar-refractivity contribution in [3.8, 4) is 17.0 Å². The van der Waals surface area contributed by atoms with Gasteiger partial charge in [-0.2, -0.15) is 0 Å². The number of hydrogen-bond acceptors (Lipinski definition) is 4. The van der Waals surface area contributed by atoms with Crippen molar-refractivity contribution in [3.05, 3.63) is 40.8 Å². The number of nitrogens with zero attached hydrogens (tertiary/aromatic N) is 2. The van der Waals surface area contributed by atoms with Crippen LogP contribution in [0.1, 0.15) is 22.4 Å². The fraction of sp³-hybridized carbons (Fsp3) is 0.333. The van der Waals surface area contributed by atoms with Crippen LogP contribution in [0.15, 0.2) is 18.5 Å². The summed E-state index contributed by atoms with van der Waals surface area (Å²) in [7, 11) is 1.69. The molecule has 4 nitrogen and oxygen atoms in total. The molecule has 0 saturated carbocycles. The van der Waals surface area contributed by atoms with E-state index in [2.05, 4.69) is 30.7 Å². The Morgan fingerprint density at radius 2 is 1.84 bits per heavy atom. The van der Waals surface area contributed by atoms with Gasteiger partial charge >= 0.3 is 0 Å². The van der Waals surface area contributed by atoms with E-state index in [1.165, 1.54) is 5.56 Å². The van der Waals surface area contributed by atoms with E-state index in [-0.39, 0.29) is 0 Å². The topological polar surface area (TPSA) is 61.0 Å². The number of methoxy groups -OCH3 is 1. The zero-order valence-corrected chi connectivity index (χ0v) is 11.8. The molecule has 0 spiro atoms. The van der Waals surface area contributed by atoms with Crippen LogP contribution in [0.5, 0.6) is 5.75 Å². The van der Waals surface area contributed by atoms with Crippen LogP contribution in [0.25, 0.3) is 11.3 Å². The molecule has 1 aromatic heterocycles. The van der Waals surface area contributed by atoms with Gasteiger partial charge in [0.15, 0.2) is 0 Å². The maximum Gasteiger partial charge on any atom is 0.122 e. The summed E-state index contributed by atoms with van der Waals surface area (Å²) in [6.07, 6.45) is 1.57. The predicted octanol–water partition coefficient (Wildman–Crippen LogP) is 2.54. The van der Waals surface area contributed by atoms with Crippen LogP contribution in [-0.4, -0.2) is 17.1 Å². The molecule has 0 amide bonds. The van der Waals surface area contributed by atoms with Gasteiger partial charge in [0.2, 0.25) is 0 Å². The molecular weight excluding hydrogens is 238 g/mol. The van der Waals surface area contributed by atoms with Gasteiger partial charge in [-0.05, 0) is 49.6 Å². The molecule has 19 heavy (non-hydrogen) atoms. The molecule has 0 bridgehead atoms. The highest BCUT2D eigenvalue weighted by molar-refractivity contribution is 5.71. The Kier molecular flexibility index (Phi) is 3.81. The van der Waals surface area contributed by atoms with Crippen molar-refractivity contribution in [2.45, 2.75) is 27.3 Å². The van der Waals surface area contributed by atoms with E-state index in [0.717, 1.165) is 33.8 Å². The molecule has 1 aromatic carbocycles. The monoisotopic (exact) mass is 257 g/mol. The molecular formula is C15H19N3O. The Labute approximate surface area is 113 Å². The van der Waals surface area contributed by atoms with Crippen molar-refractivity contribution in [2.75, 3.05) is 7.11 Å². The predicted molar refractivity (Wildman–Crippen MR) is 76.1 cm³/mol. The second kappa shape index (κ2) is 5.36. The first-order valence-electron chi connectivity index (χ1n) is 6.24. The molecule has 1 heterocycles. The first-order chi connectivity index (χ1) is 9.08. The van der Waals surface area contributed by atoms with Crippen molar-refractivity contribution in [1.29, 1.82) is 0 Å². The van der Waals surface area contributed by atoms with Crippen LogP contribution < -0.4 is 10.5 Å². The van der Waals surface area contributed by atoms with Crippen molar-refractivity contribution in [2.24, 2.45) is 5.73 Å². The average molecular weight is 257 g/mol. The minimum atomic E-state index is 0.419. The van der Waals surface area contributed by atoms with Crippen LogP contribution >= 0.6 is 0 Å². The van der Waals surface area contributed by atoms with Crippen LogP contribution in [0.4, 0.5) is 0 Å². The Morgan fingerprint density at radius 3 is 2.47 bits per heavy atom. The van der Waals surface area contributed by atoms with Gasteiger partial charge in [-0.1, -0.05) is 0 Å². The molecule has 0 unspecified atom stereocenters. The molecule has 4 heteroatoms. The number of benzene rings is 1. The van der Waals surface area contributed by atoms with Gasteiger partial charge in [0.05, 0.1) is 18.5 Å². The first-order valence-corrected chi connectivity index (χ1v) is 6.24. The molecule has 0 fully saturated rings. The zero-order valence-electron chi connectivity index (χ0n) is 11.8. The van der Waals surface area contributed by atoms with E-state index in [4.69, 9.17) is 10.5 Å². The lowest BCUT2D eigenvalue weighted by Gasteiger charge is -2.15. The maximum absolute atomic E-state index is 5.64. The lowest BCUT2D eigenvalue weighted by Crippen LogP contribution is -2.02. The number of nitrogens with two attached hydrogens (primary N) is 1. The molecule has 2 aromatic rings. The fourth-order valence-electron chi connectivity index (χ4n) is 2.30. The van der Waals surface area contributed by atoms with E-state index in [1.807, 2.05) is 12.1 Å². The third kappa shape index (κ3) is 2.44. The summed E-state index contributed by atoms with van der Waals surface area (Å²) in [6, 6.07) is 3.99. The van der Waals surface area contributed by atoms with Gasteiger partial charge < -0.3 is 10.5 Å². The normalized spacial score (nSPS) is 10.6. The van der Waals surface area contributed by atoms with E-state index in [0.29, 0.717) is 6.54 Å². The molecule has 100 valence electrons. The Balaban J connectivity index is 2.65. The smallest absolute Gasteiger partial charge is 0.122 e. The van der Waals surface area contributed by atoms with Gasteiger partial charge in [-0.25, -0.2) is 9.97 Å². The average Bonchev–Trinajstić information content (AvgIpc) is 2.43. The summed E-state index contributed by atoms with van der Waals surface area (Å²) in [5.41, 5.74) is 12.0. The Morgan fingerprint density at radius 1 is 1.11 bits per heavy atom. The van der Waals surface area contributed by atoms with Gasteiger partial charge in [0.1, 0.15) is 12.1 Å². The van der Waals surface area contributed by atoms with Crippen LogP contribution in [-0.2, 0) is 6.54 Å². The fourth-order valence-corrected chi connectivity index (χ4v) is 2.30. The Hall–Kier alpha value is -1.94. The molecule has 0 aliphatic heterocycles. The highest BCUT2D eigenvalue weighted by Crippen LogP contribution is 2.33. The van der Waals surface area contributed by atoms with Crippen LogP contribution in [0, 0.1) is 20.8 Å². The second-order valence-corrected chi connectivity index (χ2v) is 4.62. The van der Waals surface area contributed by atoms with E-state index < -0.39 is 0 Å². The number of ether oxygens (including phenoxy) is 1. The van der Waals surface area contributed by atoms with Crippen molar-refractivity contribution >= 4 is 0 Å². The molecule has 2 N–H and O–H groups in total. The Bertz CT molecular complexity index is 609. The van der Waals surface area contributed by atoms with Gasteiger partial charge in [0.25, 0.3) is 0 Å². The summed E-state index contributed by atoms with van der Waals surface area (Å²) in [4.78, 5) is 8.51. The molecule has 0 atom stereocenters. The van der Waals surface area contributed by atoms with Crippen LogP contribution in [0.2, 0.25) is 0 Å². The SMILES string of the molecule is COc1cc(C)c(-c2cc(CN)ncn2)c(C)c1C. The highest BCUT2D eigenvalue weighted by atomic mass is 16.5. The molecule has 0 saturated heterocycles. The largest absolute Gasteiger partial charge is 0.496 e. The van der Waals surface area contributed by atoms with Gasteiger partial charge in [0, 0.05) is 12.1 Å². The summed E-state index contributed by atoms with van der Waals surface area (Å²) in [6.45, 7) is 6.63. The van der Waals surface area contributed by atoms with E-state index in [1.54, 1.807) is 13.4 Å². The third-order valence-electron chi connectivity index (χ3n) is 3.46. The van der Waals surface area contributed by atoms with Crippen molar-refractivity contribution < 1.29 is 4.74 Å². The third-order valence-corrected chi connectivity index (χ3v) is 3.46. The minimum absolute atomic E-state index is 0.419. The number of hydrogen-bond donors (Lipinski definition) is 1. The number of aromatic nitrogens is 2. The maximum atomic E-state index is 5.64. The molecule has 0 aliphatic carbocycles. The summed E-state index contributed by atoms with van der Waals surface area (Å²) >= 11 is 0. The minimum Gasteiger partial charge on any atom is -0.496 e. The van der Waals surface area contributed by atoms with Gasteiger partial charge in [-0.3, -0.25) is 0 Å². The molecule has 0 radical (unpaired) electrons. The molecule has 0 aliphatic rings. The standard InChI is InChI=1S/C15H19N3O/c1-9-5-14(19-4)10(2)11(3)15(9)13-6-12(7-16)17-8-18-13/h5-6,8H,7,16H2,1-4H3. The summed E-state index contributed by atoms with van der Waals surface area (Å²) < 4.78 is 5.39. The zero-order chi connectivity index (χ0) is 14.0. The van der Waals surface area contributed by atoms with E-state index >= 15 is 0 Å². The summed E-state index contributed by atoms with van der Waals surface area (Å²) in [5.74, 6) is 0.909.